The fraction of sp³-hybridized carbons (Fsp3) is 0.316. The van der Waals surface area contributed by atoms with E-state index in [0.717, 1.165) is 24.0 Å². The first-order chi connectivity index (χ1) is 12.3. The van der Waals surface area contributed by atoms with Crippen LogP contribution in [0.25, 0.3) is 0 Å². The van der Waals surface area contributed by atoms with E-state index in [1.807, 2.05) is 60.7 Å². The fourth-order valence-electron chi connectivity index (χ4n) is 1.88. The number of hydrogen-bond donors (Lipinski definition) is 0. The average molecular weight is 362 g/mol. The molecule has 2 aromatic carbocycles. The summed E-state index contributed by atoms with van der Waals surface area (Å²) in [5, 5.41) is 0. The average Bonchev–Trinajstić information content (AvgIpc) is 2.66. The summed E-state index contributed by atoms with van der Waals surface area (Å²) in [6.07, 6.45) is 1.07. The minimum Gasteiger partial charge on any atom is -0.429 e. The number of carbonyl (C=O) groups is 1. The molecule has 0 radical (unpaired) electrons. The Morgan fingerprint density at radius 2 is 1.48 bits per heavy atom. The molecule has 0 spiro atoms. The molecule has 25 heavy (non-hydrogen) atoms. The van der Waals surface area contributed by atoms with Crippen LogP contribution in [-0.2, 0) is 31.5 Å². The van der Waals surface area contributed by atoms with Gasteiger partial charge in [0.1, 0.15) is 6.61 Å². The lowest BCUT2D eigenvalue weighted by atomic mass is 10.2. The molecule has 0 aliphatic carbocycles. The zero-order chi connectivity index (χ0) is 17.7. The largest absolute Gasteiger partial charge is 0.514 e. The first-order valence-corrected chi connectivity index (χ1v) is 9.36. The van der Waals surface area contributed by atoms with E-state index in [1.54, 1.807) is 0 Å². The van der Waals surface area contributed by atoms with E-state index in [1.165, 1.54) is 0 Å². The summed E-state index contributed by atoms with van der Waals surface area (Å²) in [5.41, 5.74) is 1.87. The maximum Gasteiger partial charge on any atom is 0.514 e. The molecule has 6 heteroatoms. The standard InChI is InChI=1S/C19H23O5P/c1-2-3-14-22-25(23-16-18-12-8-5-9-13-18)24-19(20)21-15-17-10-6-4-7-11-17/h4-13H,2-3,14-16H2,1H3. The van der Waals surface area contributed by atoms with Gasteiger partial charge in [-0.1, -0.05) is 74.0 Å². The van der Waals surface area contributed by atoms with Crippen molar-refractivity contribution in [1.29, 1.82) is 0 Å². The number of hydrogen-bond acceptors (Lipinski definition) is 5. The molecule has 0 saturated carbocycles. The number of rotatable bonds is 10. The highest BCUT2D eigenvalue weighted by Crippen LogP contribution is 2.41. The summed E-state index contributed by atoms with van der Waals surface area (Å²) in [6.45, 7) is 3.00. The molecule has 0 saturated heterocycles. The second-order valence-electron chi connectivity index (χ2n) is 5.28. The smallest absolute Gasteiger partial charge is 0.429 e. The van der Waals surface area contributed by atoms with Gasteiger partial charge < -0.3 is 13.8 Å². The molecule has 0 fully saturated rings. The molecule has 0 aliphatic heterocycles. The van der Waals surface area contributed by atoms with Gasteiger partial charge in [-0.3, -0.25) is 4.52 Å². The van der Waals surface area contributed by atoms with Crippen molar-refractivity contribution < 1.29 is 23.1 Å². The van der Waals surface area contributed by atoms with Crippen LogP contribution < -0.4 is 0 Å². The number of benzene rings is 2. The van der Waals surface area contributed by atoms with Crippen molar-refractivity contribution >= 4 is 14.8 Å². The maximum absolute atomic E-state index is 11.9. The molecule has 2 aromatic rings. The Balaban J connectivity index is 1.80. The first-order valence-electron chi connectivity index (χ1n) is 8.26. The maximum atomic E-state index is 11.9. The van der Waals surface area contributed by atoms with Crippen LogP contribution in [0.2, 0.25) is 0 Å². The highest BCUT2D eigenvalue weighted by Gasteiger charge is 2.20. The molecule has 0 aliphatic rings. The summed E-state index contributed by atoms with van der Waals surface area (Å²) in [6, 6.07) is 19.1. The van der Waals surface area contributed by atoms with E-state index in [9.17, 15) is 4.79 Å². The Bertz CT molecular complexity index is 606. The van der Waals surface area contributed by atoms with Crippen LogP contribution in [0, 0.1) is 0 Å². The molecular weight excluding hydrogens is 339 g/mol. The fourth-order valence-corrected chi connectivity index (χ4v) is 2.77. The van der Waals surface area contributed by atoms with Crippen molar-refractivity contribution in [1.82, 2.24) is 0 Å². The van der Waals surface area contributed by atoms with Crippen LogP contribution in [0.4, 0.5) is 4.79 Å². The minimum atomic E-state index is -1.79. The molecule has 5 nitrogen and oxygen atoms in total. The summed E-state index contributed by atoms with van der Waals surface area (Å²) in [4.78, 5) is 11.9. The number of unbranched alkanes of at least 4 members (excludes halogenated alkanes) is 1. The third-order valence-electron chi connectivity index (χ3n) is 3.22. The third kappa shape index (κ3) is 8.12. The Morgan fingerprint density at radius 3 is 2.08 bits per heavy atom. The van der Waals surface area contributed by atoms with Gasteiger partial charge in [0, 0.05) is 0 Å². The molecule has 0 heterocycles. The lowest BCUT2D eigenvalue weighted by Crippen LogP contribution is -2.07. The zero-order valence-electron chi connectivity index (χ0n) is 14.3. The van der Waals surface area contributed by atoms with Crippen molar-refractivity contribution in [2.24, 2.45) is 0 Å². The summed E-state index contributed by atoms with van der Waals surface area (Å²) in [5.74, 6) is 0. The van der Waals surface area contributed by atoms with Gasteiger partial charge in [0.2, 0.25) is 0 Å². The number of ether oxygens (including phenoxy) is 1. The number of carbonyl (C=O) groups excluding carboxylic acids is 1. The Kier molecular flexibility index (Phi) is 8.98. The van der Waals surface area contributed by atoms with Crippen LogP contribution >= 0.6 is 8.60 Å². The lowest BCUT2D eigenvalue weighted by Gasteiger charge is -2.16. The van der Waals surface area contributed by atoms with Gasteiger partial charge >= 0.3 is 14.8 Å². The van der Waals surface area contributed by atoms with Crippen LogP contribution in [0.3, 0.4) is 0 Å². The van der Waals surface area contributed by atoms with Gasteiger partial charge in [-0.05, 0) is 17.5 Å². The van der Waals surface area contributed by atoms with E-state index in [4.69, 9.17) is 18.3 Å². The quantitative estimate of drug-likeness (QED) is 0.313. The van der Waals surface area contributed by atoms with Gasteiger partial charge in [0.15, 0.2) is 0 Å². The Labute approximate surface area is 149 Å². The van der Waals surface area contributed by atoms with Crippen LogP contribution in [0.1, 0.15) is 30.9 Å². The highest BCUT2D eigenvalue weighted by molar-refractivity contribution is 7.42. The monoisotopic (exact) mass is 362 g/mol. The lowest BCUT2D eigenvalue weighted by molar-refractivity contribution is 0.0768. The molecule has 0 bridgehead atoms. The van der Waals surface area contributed by atoms with Crippen LogP contribution in [0.15, 0.2) is 60.7 Å². The Hall–Kier alpha value is -1.94. The van der Waals surface area contributed by atoms with Crippen LogP contribution in [-0.4, -0.2) is 12.8 Å². The van der Waals surface area contributed by atoms with Crippen molar-refractivity contribution in [3.63, 3.8) is 0 Å². The summed E-state index contributed by atoms with van der Waals surface area (Å²) >= 11 is 0. The van der Waals surface area contributed by atoms with Gasteiger partial charge in [-0.25, -0.2) is 4.79 Å². The van der Waals surface area contributed by atoms with Crippen molar-refractivity contribution in [3.8, 4) is 0 Å². The van der Waals surface area contributed by atoms with Crippen molar-refractivity contribution in [2.45, 2.75) is 33.0 Å². The SMILES string of the molecule is CCCCOP(OCc1ccccc1)OC(=O)OCc1ccccc1. The van der Waals surface area contributed by atoms with E-state index in [0.29, 0.717) is 13.2 Å². The second-order valence-corrected chi connectivity index (χ2v) is 6.43. The summed E-state index contributed by atoms with van der Waals surface area (Å²) in [7, 11) is -1.79. The van der Waals surface area contributed by atoms with E-state index >= 15 is 0 Å². The minimum absolute atomic E-state index is 0.149. The molecule has 0 aromatic heterocycles. The van der Waals surface area contributed by atoms with E-state index < -0.39 is 14.8 Å². The second kappa shape index (κ2) is 11.6. The molecular formula is C19H23O5P. The van der Waals surface area contributed by atoms with Crippen molar-refractivity contribution in [2.75, 3.05) is 6.61 Å². The van der Waals surface area contributed by atoms with Crippen molar-refractivity contribution in [3.05, 3.63) is 71.8 Å². The van der Waals surface area contributed by atoms with Gasteiger partial charge in [0.05, 0.1) is 13.2 Å². The predicted octanol–water partition coefficient (Wildman–Crippen LogP) is 5.60. The molecule has 0 amide bonds. The van der Waals surface area contributed by atoms with E-state index in [-0.39, 0.29) is 6.61 Å². The predicted molar refractivity (Wildman–Crippen MR) is 96.7 cm³/mol. The zero-order valence-corrected chi connectivity index (χ0v) is 15.2. The van der Waals surface area contributed by atoms with Gasteiger partial charge in [-0.2, -0.15) is 0 Å². The van der Waals surface area contributed by atoms with Crippen LogP contribution in [0.5, 0.6) is 0 Å². The first kappa shape index (κ1) is 19.4. The molecule has 134 valence electrons. The summed E-state index contributed by atoms with van der Waals surface area (Å²) < 4.78 is 21.5. The Morgan fingerprint density at radius 1 is 0.880 bits per heavy atom. The van der Waals surface area contributed by atoms with E-state index in [2.05, 4.69) is 6.92 Å². The molecule has 1 atom stereocenters. The van der Waals surface area contributed by atoms with Gasteiger partial charge in [-0.15, -0.1) is 0 Å². The topological polar surface area (TPSA) is 54.0 Å². The van der Waals surface area contributed by atoms with Gasteiger partial charge in [0.25, 0.3) is 0 Å². The molecule has 0 N–H and O–H groups in total. The normalized spacial score (nSPS) is 11.7. The molecule has 1 unspecified atom stereocenters. The molecule has 2 rings (SSSR count). The third-order valence-corrected chi connectivity index (χ3v) is 4.25. The highest BCUT2D eigenvalue weighted by atomic mass is 31.2.